The molecule has 1 amide bonds. The van der Waals surface area contributed by atoms with E-state index < -0.39 is 0 Å². The third kappa shape index (κ3) is 3.01. The third-order valence-electron chi connectivity index (χ3n) is 2.09. The van der Waals surface area contributed by atoms with Gasteiger partial charge in [0, 0.05) is 12.4 Å². The number of rotatable bonds is 3. The van der Waals surface area contributed by atoms with E-state index >= 15 is 0 Å². The number of aromatic nitrogens is 1. The summed E-state index contributed by atoms with van der Waals surface area (Å²) >= 11 is 0. The number of nitrogens with zero attached hydrogens (tertiary/aromatic N) is 1. The van der Waals surface area contributed by atoms with Gasteiger partial charge in [-0.3, -0.25) is 20.6 Å². The Morgan fingerprint density at radius 1 is 1.18 bits per heavy atom. The average Bonchev–Trinajstić information content (AvgIpc) is 2.39. The van der Waals surface area contributed by atoms with Gasteiger partial charge < -0.3 is 0 Å². The zero-order valence-corrected chi connectivity index (χ0v) is 8.85. The van der Waals surface area contributed by atoms with Crippen molar-refractivity contribution in [2.24, 2.45) is 0 Å². The number of carbonyl (C=O) groups excluding carboxylic acids is 1. The molecular weight excluding hydrogens is 221 g/mol. The van der Waals surface area contributed by atoms with Crippen molar-refractivity contribution < 1.29 is 9.18 Å². The van der Waals surface area contributed by atoms with E-state index in [1.54, 1.807) is 18.3 Å². The molecule has 0 atom stereocenters. The highest BCUT2D eigenvalue weighted by molar-refractivity contribution is 5.94. The second kappa shape index (κ2) is 5.07. The molecule has 0 aliphatic carbocycles. The number of hydrogen-bond acceptors (Lipinski definition) is 3. The molecule has 0 aliphatic rings. The molecule has 0 unspecified atom stereocenters. The molecule has 0 aliphatic heterocycles. The highest BCUT2D eigenvalue weighted by Gasteiger charge is 2.03. The van der Waals surface area contributed by atoms with Crippen molar-refractivity contribution in [2.75, 3.05) is 5.43 Å². The minimum atomic E-state index is -0.325. The molecule has 0 spiro atoms. The van der Waals surface area contributed by atoms with Crippen LogP contribution in [-0.2, 0) is 0 Å². The van der Waals surface area contributed by atoms with E-state index in [1.165, 1.54) is 30.5 Å². The Morgan fingerprint density at radius 3 is 2.59 bits per heavy atom. The van der Waals surface area contributed by atoms with Crippen molar-refractivity contribution >= 4 is 11.6 Å². The lowest BCUT2D eigenvalue weighted by Crippen LogP contribution is -2.29. The zero-order valence-electron chi connectivity index (χ0n) is 8.85. The van der Waals surface area contributed by atoms with Gasteiger partial charge in [-0.1, -0.05) is 0 Å². The van der Waals surface area contributed by atoms with Gasteiger partial charge in [0.25, 0.3) is 5.91 Å². The van der Waals surface area contributed by atoms with Gasteiger partial charge in [0.15, 0.2) is 0 Å². The summed E-state index contributed by atoms with van der Waals surface area (Å²) in [5, 5.41) is 0. The van der Waals surface area contributed by atoms with Crippen LogP contribution in [0.1, 0.15) is 10.4 Å². The molecule has 2 aromatic rings. The molecule has 0 radical (unpaired) electrons. The van der Waals surface area contributed by atoms with Gasteiger partial charge in [-0.2, -0.15) is 0 Å². The Bertz CT molecular complexity index is 499. The molecule has 17 heavy (non-hydrogen) atoms. The van der Waals surface area contributed by atoms with Gasteiger partial charge in [-0.05, 0) is 36.4 Å². The fourth-order valence-electron chi connectivity index (χ4n) is 1.23. The number of halogens is 1. The first-order valence-electron chi connectivity index (χ1n) is 4.97. The largest absolute Gasteiger partial charge is 0.298 e. The minimum Gasteiger partial charge on any atom is -0.298 e. The van der Waals surface area contributed by atoms with Crippen LogP contribution in [-0.4, -0.2) is 10.9 Å². The molecule has 86 valence electrons. The van der Waals surface area contributed by atoms with Crippen molar-refractivity contribution in [3.63, 3.8) is 0 Å². The van der Waals surface area contributed by atoms with Crippen LogP contribution >= 0.6 is 0 Å². The first kappa shape index (κ1) is 11.1. The highest BCUT2D eigenvalue weighted by atomic mass is 19.1. The summed E-state index contributed by atoms with van der Waals surface area (Å²) in [6.07, 6.45) is 3.05. The van der Waals surface area contributed by atoms with Crippen LogP contribution in [0.2, 0.25) is 0 Å². The Labute approximate surface area is 97.5 Å². The van der Waals surface area contributed by atoms with Crippen molar-refractivity contribution in [2.45, 2.75) is 0 Å². The lowest BCUT2D eigenvalue weighted by Gasteiger charge is -2.07. The van der Waals surface area contributed by atoms with Crippen LogP contribution in [0.4, 0.5) is 10.1 Å². The van der Waals surface area contributed by atoms with E-state index in [1.807, 2.05) is 0 Å². The molecule has 2 N–H and O–H groups in total. The SMILES string of the molecule is O=C(NNc1ccc(F)cc1)c1cccnc1. The molecule has 0 bridgehead atoms. The number of hydrazine groups is 1. The van der Waals surface area contributed by atoms with Gasteiger partial charge in [0.1, 0.15) is 5.82 Å². The van der Waals surface area contributed by atoms with E-state index in [9.17, 15) is 9.18 Å². The van der Waals surface area contributed by atoms with E-state index in [-0.39, 0.29) is 11.7 Å². The fraction of sp³-hybridized carbons (Fsp3) is 0. The van der Waals surface area contributed by atoms with Crippen LogP contribution in [0.3, 0.4) is 0 Å². The second-order valence-corrected chi connectivity index (χ2v) is 3.33. The normalized spacial score (nSPS) is 9.71. The Hall–Kier alpha value is -2.43. The van der Waals surface area contributed by atoms with Gasteiger partial charge in [-0.15, -0.1) is 0 Å². The second-order valence-electron chi connectivity index (χ2n) is 3.33. The predicted octanol–water partition coefficient (Wildman–Crippen LogP) is 1.98. The van der Waals surface area contributed by atoms with Gasteiger partial charge in [0.05, 0.1) is 11.3 Å². The lowest BCUT2D eigenvalue weighted by atomic mass is 10.3. The lowest BCUT2D eigenvalue weighted by molar-refractivity contribution is 0.0962. The number of anilines is 1. The van der Waals surface area contributed by atoms with Crippen molar-refractivity contribution in [1.29, 1.82) is 0 Å². The van der Waals surface area contributed by atoms with Crippen LogP contribution in [0.25, 0.3) is 0 Å². The summed E-state index contributed by atoms with van der Waals surface area (Å²) in [4.78, 5) is 15.4. The predicted molar refractivity (Wildman–Crippen MR) is 61.7 cm³/mol. The van der Waals surface area contributed by atoms with E-state index in [4.69, 9.17) is 0 Å². The smallest absolute Gasteiger partial charge is 0.271 e. The van der Waals surface area contributed by atoms with E-state index in [0.717, 1.165) is 0 Å². The summed E-state index contributed by atoms with van der Waals surface area (Å²) in [5.41, 5.74) is 6.21. The molecule has 4 nitrogen and oxygen atoms in total. The van der Waals surface area contributed by atoms with Crippen molar-refractivity contribution in [3.05, 3.63) is 60.2 Å². The Kier molecular flexibility index (Phi) is 3.30. The third-order valence-corrected chi connectivity index (χ3v) is 2.09. The van der Waals surface area contributed by atoms with Gasteiger partial charge in [0.2, 0.25) is 0 Å². The Morgan fingerprint density at radius 2 is 1.94 bits per heavy atom. The molecule has 0 saturated heterocycles. The molecule has 2 rings (SSSR count). The summed E-state index contributed by atoms with van der Waals surface area (Å²) in [7, 11) is 0. The van der Waals surface area contributed by atoms with Crippen LogP contribution in [0, 0.1) is 5.82 Å². The Balaban J connectivity index is 1.95. The molecule has 0 fully saturated rings. The summed E-state index contributed by atoms with van der Waals surface area (Å²) < 4.78 is 12.6. The number of carbonyl (C=O) groups is 1. The molecule has 1 heterocycles. The van der Waals surface area contributed by atoms with Crippen LogP contribution in [0.15, 0.2) is 48.8 Å². The summed E-state index contributed by atoms with van der Waals surface area (Å²) in [6.45, 7) is 0. The van der Waals surface area contributed by atoms with Crippen molar-refractivity contribution in [3.8, 4) is 0 Å². The number of hydrogen-bond donors (Lipinski definition) is 2. The number of benzene rings is 1. The first-order valence-corrected chi connectivity index (χ1v) is 4.97. The monoisotopic (exact) mass is 231 g/mol. The fourth-order valence-corrected chi connectivity index (χ4v) is 1.23. The number of amides is 1. The maximum absolute atomic E-state index is 12.6. The van der Waals surface area contributed by atoms with Crippen LogP contribution in [0.5, 0.6) is 0 Å². The molecule has 1 aromatic carbocycles. The van der Waals surface area contributed by atoms with Gasteiger partial charge in [-0.25, -0.2) is 4.39 Å². The molecule has 1 aromatic heterocycles. The maximum Gasteiger partial charge on any atom is 0.271 e. The van der Waals surface area contributed by atoms with Crippen LogP contribution < -0.4 is 10.9 Å². The summed E-state index contributed by atoms with van der Waals surface area (Å²) in [5.74, 6) is -0.628. The molecule has 5 heteroatoms. The zero-order chi connectivity index (χ0) is 12.1. The van der Waals surface area contributed by atoms with Gasteiger partial charge >= 0.3 is 0 Å². The molecular formula is C12H10FN3O. The summed E-state index contributed by atoms with van der Waals surface area (Å²) in [6, 6.07) is 8.98. The van der Waals surface area contributed by atoms with Crippen molar-refractivity contribution in [1.82, 2.24) is 10.4 Å². The van der Waals surface area contributed by atoms with E-state index in [2.05, 4.69) is 15.8 Å². The highest BCUT2D eigenvalue weighted by Crippen LogP contribution is 2.06. The first-order chi connectivity index (χ1) is 8.25. The quantitative estimate of drug-likeness (QED) is 0.794. The standard InChI is InChI=1S/C12H10FN3O/c13-10-3-5-11(6-4-10)15-16-12(17)9-2-1-7-14-8-9/h1-8,15H,(H,16,17). The number of pyridine rings is 1. The molecule has 0 saturated carbocycles. The minimum absolute atomic E-state index is 0.303. The average molecular weight is 231 g/mol. The number of nitrogens with one attached hydrogen (secondary N) is 2. The van der Waals surface area contributed by atoms with E-state index in [0.29, 0.717) is 11.3 Å². The maximum atomic E-state index is 12.6. The topological polar surface area (TPSA) is 54.0 Å².